The highest BCUT2D eigenvalue weighted by Gasteiger charge is 2.21. The molecule has 0 spiro atoms. The average Bonchev–Trinajstić information content (AvgIpc) is 2.59. The molecule has 0 saturated heterocycles. The highest BCUT2D eigenvalue weighted by molar-refractivity contribution is 5.94. The number of rotatable bonds is 4. The molecule has 1 atom stereocenters. The van der Waals surface area contributed by atoms with Gasteiger partial charge in [-0.15, -0.1) is 0 Å². The minimum atomic E-state index is -0.144. The Labute approximate surface area is 130 Å². The van der Waals surface area contributed by atoms with Crippen molar-refractivity contribution in [1.82, 2.24) is 4.90 Å². The van der Waals surface area contributed by atoms with Crippen LogP contribution in [0.2, 0.25) is 0 Å². The van der Waals surface area contributed by atoms with Crippen LogP contribution in [-0.2, 0) is 0 Å². The molecule has 1 amide bonds. The molecule has 4 heteroatoms. The summed E-state index contributed by atoms with van der Waals surface area (Å²) >= 11 is 0. The number of ether oxygens (including phenoxy) is 1. The molecule has 0 fully saturated rings. The molecular weight excluding hydrogens is 276 g/mol. The number of methoxy groups -OCH3 is 1. The fourth-order valence-corrected chi connectivity index (χ4v) is 2.32. The highest BCUT2D eigenvalue weighted by Crippen LogP contribution is 2.28. The van der Waals surface area contributed by atoms with E-state index < -0.39 is 0 Å². The van der Waals surface area contributed by atoms with Gasteiger partial charge in [-0.25, -0.2) is 0 Å². The molecule has 0 bridgehead atoms. The second-order valence-corrected chi connectivity index (χ2v) is 5.03. The summed E-state index contributed by atoms with van der Waals surface area (Å²) < 4.78 is 5.36. The number of hydrogen-bond donors (Lipinski definition) is 0. The zero-order valence-electron chi connectivity index (χ0n) is 12.9. The smallest absolute Gasteiger partial charge is 0.254 e. The fraction of sp³-hybridized carbons (Fsp3) is 0.222. The monoisotopic (exact) mass is 294 g/mol. The molecule has 0 heterocycles. The first-order valence-corrected chi connectivity index (χ1v) is 6.98. The number of carbonyl (C=O) groups excluding carboxylic acids is 1. The molecule has 4 nitrogen and oxygen atoms in total. The van der Waals surface area contributed by atoms with Gasteiger partial charge in [0.1, 0.15) is 5.75 Å². The number of amides is 1. The van der Waals surface area contributed by atoms with E-state index in [4.69, 9.17) is 10.00 Å². The largest absolute Gasteiger partial charge is 0.496 e. The second kappa shape index (κ2) is 6.77. The van der Waals surface area contributed by atoms with Crippen molar-refractivity contribution < 1.29 is 9.53 Å². The van der Waals surface area contributed by atoms with Crippen molar-refractivity contribution in [3.8, 4) is 11.8 Å². The van der Waals surface area contributed by atoms with Gasteiger partial charge in [-0.2, -0.15) is 5.26 Å². The van der Waals surface area contributed by atoms with Crippen LogP contribution in [0.15, 0.2) is 48.5 Å². The quantitative estimate of drug-likeness (QED) is 0.868. The number of para-hydroxylation sites is 1. The van der Waals surface area contributed by atoms with Crippen molar-refractivity contribution in [2.24, 2.45) is 0 Å². The lowest BCUT2D eigenvalue weighted by Crippen LogP contribution is -2.29. The van der Waals surface area contributed by atoms with E-state index in [1.807, 2.05) is 37.3 Å². The van der Waals surface area contributed by atoms with E-state index in [9.17, 15) is 4.79 Å². The molecule has 0 saturated carbocycles. The van der Waals surface area contributed by atoms with Crippen LogP contribution < -0.4 is 4.74 Å². The lowest BCUT2D eigenvalue weighted by atomic mass is 10.0. The molecule has 2 aromatic carbocycles. The number of nitrogens with zero attached hydrogens (tertiary/aromatic N) is 2. The van der Waals surface area contributed by atoms with Crippen LogP contribution in [0, 0.1) is 11.3 Å². The third-order valence-electron chi connectivity index (χ3n) is 3.73. The molecule has 2 rings (SSSR count). The molecule has 1 unspecified atom stereocenters. The lowest BCUT2D eigenvalue weighted by Gasteiger charge is -2.26. The Hall–Kier alpha value is -2.80. The van der Waals surface area contributed by atoms with Crippen molar-refractivity contribution in [3.63, 3.8) is 0 Å². The summed E-state index contributed by atoms with van der Waals surface area (Å²) in [5.41, 5.74) is 1.92. The Morgan fingerprint density at radius 3 is 2.64 bits per heavy atom. The summed E-state index contributed by atoms with van der Waals surface area (Å²) in [6.07, 6.45) is 0. The zero-order valence-corrected chi connectivity index (χ0v) is 12.9. The van der Waals surface area contributed by atoms with Gasteiger partial charge in [0.05, 0.1) is 24.8 Å². The Morgan fingerprint density at radius 2 is 1.95 bits per heavy atom. The van der Waals surface area contributed by atoms with Gasteiger partial charge in [0.25, 0.3) is 5.91 Å². The van der Waals surface area contributed by atoms with Crippen molar-refractivity contribution in [2.45, 2.75) is 13.0 Å². The van der Waals surface area contributed by atoms with Crippen molar-refractivity contribution in [2.75, 3.05) is 14.2 Å². The van der Waals surface area contributed by atoms with Crippen molar-refractivity contribution in [3.05, 3.63) is 65.2 Å². The van der Waals surface area contributed by atoms with Gasteiger partial charge in [-0.1, -0.05) is 24.3 Å². The van der Waals surface area contributed by atoms with Crippen LogP contribution in [0.1, 0.15) is 34.5 Å². The van der Waals surface area contributed by atoms with Crippen LogP contribution in [0.5, 0.6) is 5.75 Å². The Morgan fingerprint density at radius 1 is 1.23 bits per heavy atom. The summed E-state index contributed by atoms with van der Waals surface area (Å²) in [4.78, 5) is 14.3. The van der Waals surface area contributed by atoms with E-state index in [0.29, 0.717) is 11.1 Å². The summed E-state index contributed by atoms with van der Waals surface area (Å²) in [6.45, 7) is 1.95. The predicted molar refractivity (Wildman–Crippen MR) is 84.7 cm³/mol. The summed E-state index contributed by atoms with van der Waals surface area (Å²) in [7, 11) is 3.36. The highest BCUT2D eigenvalue weighted by atomic mass is 16.5. The molecule has 22 heavy (non-hydrogen) atoms. The summed E-state index contributed by atoms with van der Waals surface area (Å²) in [6, 6.07) is 16.3. The number of carbonyl (C=O) groups is 1. The van der Waals surface area contributed by atoms with E-state index in [1.165, 1.54) is 0 Å². The Kier molecular flexibility index (Phi) is 4.80. The Balaban J connectivity index is 2.28. The molecule has 0 aliphatic rings. The van der Waals surface area contributed by atoms with E-state index in [-0.39, 0.29) is 11.9 Å². The number of hydrogen-bond acceptors (Lipinski definition) is 3. The van der Waals surface area contributed by atoms with Gasteiger partial charge < -0.3 is 9.64 Å². The number of benzene rings is 2. The summed E-state index contributed by atoms with van der Waals surface area (Å²) in [5, 5.41) is 8.95. The minimum absolute atomic E-state index is 0.129. The zero-order chi connectivity index (χ0) is 16.1. The average molecular weight is 294 g/mol. The van der Waals surface area contributed by atoms with Gasteiger partial charge in [0, 0.05) is 18.2 Å². The molecule has 0 aliphatic heterocycles. The molecule has 0 aliphatic carbocycles. The molecule has 0 radical (unpaired) electrons. The molecule has 112 valence electrons. The molecule has 0 aromatic heterocycles. The van der Waals surface area contributed by atoms with E-state index in [2.05, 4.69) is 0 Å². The van der Waals surface area contributed by atoms with Crippen LogP contribution in [0.3, 0.4) is 0 Å². The van der Waals surface area contributed by atoms with Crippen LogP contribution in [0.25, 0.3) is 0 Å². The first kappa shape index (κ1) is 15.6. The SMILES string of the molecule is COc1ccccc1C(C)N(C)C(=O)c1cccc(C#N)c1. The standard InChI is InChI=1S/C18H18N2O2/c1-13(16-9-4-5-10-17(16)22-3)20(2)18(21)15-8-6-7-14(11-15)12-19/h4-11,13H,1-3H3. The fourth-order valence-electron chi connectivity index (χ4n) is 2.32. The van der Waals surface area contributed by atoms with Crippen LogP contribution in [0.4, 0.5) is 0 Å². The van der Waals surface area contributed by atoms with Gasteiger partial charge in [0.15, 0.2) is 0 Å². The second-order valence-electron chi connectivity index (χ2n) is 5.03. The third-order valence-corrected chi connectivity index (χ3v) is 3.73. The third kappa shape index (κ3) is 3.09. The maximum atomic E-state index is 12.6. The lowest BCUT2D eigenvalue weighted by molar-refractivity contribution is 0.0741. The Bertz CT molecular complexity index is 719. The topological polar surface area (TPSA) is 53.3 Å². The van der Waals surface area contributed by atoms with Crippen molar-refractivity contribution >= 4 is 5.91 Å². The summed E-state index contributed by atoms with van der Waals surface area (Å²) in [5.74, 6) is 0.621. The van der Waals surface area contributed by atoms with Crippen molar-refractivity contribution in [1.29, 1.82) is 5.26 Å². The predicted octanol–water partition coefficient (Wildman–Crippen LogP) is 3.40. The molecule has 0 N–H and O–H groups in total. The minimum Gasteiger partial charge on any atom is -0.496 e. The van der Waals surface area contributed by atoms with Crippen LogP contribution in [-0.4, -0.2) is 25.0 Å². The van der Waals surface area contributed by atoms with Gasteiger partial charge in [-0.05, 0) is 31.2 Å². The van der Waals surface area contributed by atoms with E-state index in [0.717, 1.165) is 11.3 Å². The maximum absolute atomic E-state index is 12.6. The van der Waals surface area contributed by atoms with Gasteiger partial charge in [0.2, 0.25) is 0 Å². The number of nitriles is 1. The van der Waals surface area contributed by atoms with E-state index >= 15 is 0 Å². The van der Waals surface area contributed by atoms with Crippen LogP contribution >= 0.6 is 0 Å². The molecular formula is C18H18N2O2. The maximum Gasteiger partial charge on any atom is 0.254 e. The van der Waals surface area contributed by atoms with E-state index in [1.54, 1.807) is 43.3 Å². The molecule has 2 aromatic rings. The first-order valence-electron chi connectivity index (χ1n) is 6.98. The van der Waals surface area contributed by atoms with Gasteiger partial charge >= 0.3 is 0 Å². The first-order chi connectivity index (χ1) is 10.6. The van der Waals surface area contributed by atoms with Gasteiger partial charge in [-0.3, -0.25) is 4.79 Å². The normalized spacial score (nSPS) is 11.4.